The van der Waals surface area contributed by atoms with Crippen molar-refractivity contribution < 1.29 is 9.90 Å². The zero-order valence-corrected chi connectivity index (χ0v) is 9.03. The van der Waals surface area contributed by atoms with Gasteiger partial charge in [-0.1, -0.05) is 0 Å². The van der Waals surface area contributed by atoms with Crippen LogP contribution in [-0.2, 0) is 13.5 Å². The molecule has 1 heterocycles. The molecule has 14 heavy (non-hydrogen) atoms. The van der Waals surface area contributed by atoms with Gasteiger partial charge in [0.1, 0.15) is 0 Å². The summed E-state index contributed by atoms with van der Waals surface area (Å²) in [5.41, 5.74) is 2.19. The number of aliphatic hydroxyl groups excluding tert-OH is 1. The van der Waals surface area contributed by atoms with Crippen LogP contribution in [-0.4, -0.2) is 26.8 Å². The zero-order chi connectivity index (χ0) is 10.9. The summed E-state index contributed by atoms with van der Waals surface area (Å²) in [7, 11) is 1.80. The van der Waals surface area contributed by atoms with Gasteiger partial charge in [-0.2, -0.15) is 5.10 Å². The number of aromatic nitrogens is 2. The average molecular weight is 196 g/mol. The van der Waals surface area contributed by atoms with Crippen LogP contribution in [0.3, 0.4) is 0 Å². The van der Waals surface area contributed by atoms with Gasteiger partial charge in [0.15, 0.2) is 5.78 Å². The molecule has 0 aliphatic heterocycles. The molecule has 0 saturated heterocycles. The van der Waals surface area contributed by atoms with E-state index in [4.69, 9.17) is 0 Å². The first-order valence-corrected chi connectivity index (χ1v) is 4.65. The van der Waals surface area contributed by atoms with Gasteiger partial charge in [-0.15, -0.1) is 0 Å². The van der Waals surface area contributed by atoms with Crippen molar-refractivity contribution in [3.8, 4) is 0 Å². The molecule has 1 aromatic rings. The Hall–Kier alpha value is -1.16. The van der Waals surface area contributed by atoms with Crippen LogP contribution in [0.1, 0.15) is 35.6 Å². The average Bonchev–Trinajstić information content (AvgIpc) is 2.26. The Kier molecular flexibility index (Phi) is 3.06. The second-order valence-electron chi connectivity index (χ2n) is 3.64. The van der Waals surface area contributed by atoms with Crippen molar-refractivity contribution in [2.24, 2.45) is 7.05 Å². The third kappa shape index (κ3) is 2.01. The first-order valence-electron chi connectivity index (χ1n) is 4.65. The second-order valence-corrected chi connectivity index (χ2v) is 3.64. The number of rotatable bonds is 3. The molecule has 0 bridgehead atoms. The van der Waals surface area contributed by atoms with Crippen LogP contribution >= 0.6 is 0 Å². The Morgan fingerprint density at radius 1 is 1.64 bits per heavy atom. The summed E-state index contributed by atoms with van der Waals surface area (Å²) in [4.78, 5) is 11.3. The van der Waals surface area contributed by atoms with E-state index in [1.165, 1.54) is 6.92 Å². The lowest BCUT2D eigenvalue weighted by Gasteiger charge is -2.02. The van der Waals surface area contributed by atoms with Crippen LogP contribution in [0.5, 0.6) is 0 Å². The second kappa shape index (κ2) is 3.92. The lowest BCUT2D eigenvalue weighted by Crippen LogP contribution is -2.08. The fourth-order valence-corrected chi connectivity index (χ4v) is 1.56. The highest BCUT2D eigenvalue weighted by molar-refractivity contribution is 5.96. The maximum Gasteiger partial charge on any atom is 0.163 e. The van der Waals surface area contributed by atoms with E-state index in [1.807, 2.05) is 6.92 Å². The standard InChI is InChI=1S/C10H16N2O2/c1-6(13)5-9-10(8(3)14)7(2)12(4)11-9/h6,13H,5H2,1-4H3. The molecule has 0 aliphatic rings. The fraction of sp³-hybridized carbons (Fsp3) is 0.600. The van der Waals surface area contributed by atoms with Crippen LogP contribution in [0.25, 0.3) is 0 Å². The first kappa shape index (κ1) is 10.9. The monoisotopic (exact) mass is 196 g/mol. The van der Waals surface area contributed by atoms with E-state index in [1.54, 1.807) is 18.7 Å². The fourth-order valence-electron chi connectivity index (χ4n) is 1.56. The SMILES string of the molecule is CC(=O)c1c(CC(C)O)nn(C)c1C. The lowest BCUT2D eigenvalue weighted by atomic mass is 10.1. The van der Waals surface area contributed by atoms with Gasteiger partial charge in [0.05, 0.1) is 17.4 Å². The summed E-state index contributed by atoms with van der Waals surface area (Å²) in [6, 6.07) is 0. The number of carbonyl (C=O) groups excluding carboxylic acids is 1. The molecule has 0 saturated carbocycles. The minimum absolute atomic E-state index is 0.00579. The van der Waals surface area contributed by atoms with E-state index in [-0.39, 0.29) is 5.78 Å². The summed E-state index contributed by atoms with van der Waals surface area (Å²) in [5.74, 6) is 0.00579. The molecule has 0 amide bonds. The van der Waals surface area contributed by atoms with Crippen molar-refractivity contribution >= 4 is 5.78 Å². The lowest BCUT2D eigenvalue weighted by molar-refractivity contribution is 0.101. The Morgan fingerprint density at radius 2 is 2.21 bits per heavy atom. The van der Waals surface area contributed by atoms with E-state index < -0.39 is 6.10 Å². The zero-order valence-electron chi connectivity index (χ0n) is 9.03. The molecule has 0 fully saturated rings. The van der Waals surface area contributed by atoms with Gasteiger partial charge in [-0.25, -0.2) is 0 Å². The Bertz CT molecular complexity index is 353. The van der Waals surface area contributed by atoms with Crippen LogP contribution in [0, 0.1) is 6.92 Å². The number of hydrogen-bond donors (Lipinski definition) is 1. The van der Waals surface area contributed by atoms with Gasteiger partial charge in [-0.05, 0) is 20.8 Å². The highest BCUT2D eigenvalue weighted by Gasteiger charge is 2.17. The molecule has 4 heteroatoms. The summed E-state index contributed by atoms with van der Waals surface area (Å²) in [5, 5.41) is 13.5. The van der Waals surface area contributed by atoms with Gasteiger partial charge >= 0.3 is 0 Å². The highest BCUT2D eigenvalue weighted by atomic mass is 16.3. The predicted molar refractivity (Wildman–Crippen MR) is 53.3 cm³/mol. The third-order valence-corrected chi connectivity index (χ3v) is 2.25. The minimum atomic E-state index is -0.470. The molecule has 1 aromatic heterocycles. The molecule has 1 N–H and O–H groups in total. The normalized spacial score (nSPS) is 12.9. The molecule has 78 valence electrons. The number of ketones is 1. The molecule has 0 spiro atoms. The molecule has 0 aromatic carbocycles. The van der Waals surface area contributed by atoms with Crippen molar-refractivity contribution in [1.29, 1.82) is 0 Å². The number of nitrogens with zero attached hydrogens (tertiary/aromatic N) is 2. The largest absolute Gasteiger partial charge is 0.393 e. The summed E-state index contributed by atoms with van der Waals surface area (Å²) in [6.45, 7) is 5.07. The number of Topliss-reactive ketones (excluding diaryl/α,β-unsaturated/α-hetero) is 1. The molecule has 1 unspecified atom stereocenters. The number of aryl methyl sites for hydroxylation is 1. The quantitative estimate of drug-likeness (QED) is 0.729. The molecule has 1 rings (SSSR count). The highest BCUT2D eigenvalue weighted by Crippen LogP contribution is 2.15. The van der Waals surface area contributed by atoms with Gasteiger partial charge < -0.3 is 5.11 Å². The molecule has 1 atom stereocenters. The van der Waals surface area contributed by atoms with Gasteiger partial charge in [0, 0.05) is 19.2 Å². The summed E-state index contributed by atoms with van der Waals surface area (Å²) >= 11 is 0. The van der Waals surface area contributed by atoms with Crippen LogP contribution in [0.15, 0.2) is 0 Å². The van der Waals surface area contributed by atoms with E-state index >= 15 is 0 Å². The maximum atomic E-state index is 11.3. The maximum absolute atomic E-state index is 11.3. The Morgan fingerprint density at radius 3 is 2.64 bits per heavy atom. The third-order valence-electron chi connectivity index (χ3n) is 2.25. The summed E-state index contributed by atoms with van der Waals surface area (Å²) < 4.78 is 1.68. The topological polar surface area (TPSA) is 55.1 Å². The number of aliphatic hydroxyl groups is 1. The smallest absolute Gasteiger partial charge is 0.163 e. The van der Waals surface area contributed by atoms with Crippen LogP contribution in [0.2, 0.25) is 0 Å². The van der Waals surface area contributed by atoms with Crippen molar-refractivity contribution in [2.75, 3.05) is 0 Å². The van der Waals surface area contributed by atoms with E-state index in [9.17, 15) is 9.90 Å². The van der Waals surface area contributed by atoms with Gasteiger partial charge in [0.2, 0.25) is 0 Å². The molecule has 4 nitrogen and oxygen atoms in total. The Balaban J connectivity index is 3.15. The molecule has 0 radical (unpaired) electrons. The summed E-state index contributed by atoms with van der Waals surface area (Å²) in [6.07, 6.45) is -0.0428. The van der Waals surface area contributed by atoms with Gasteiger partial charge in [-0.3, -0.25) is 9.48 Å². The number of hydrogen-bond acceptors (Lipinski definition) is 3. The van der Waals surface area contributed by atoms with Crippen molar-refractivity contribution in [2.45, 2.75) is 33.3 Å². The van der Waals surface area contributed by atoms with E-state index in [0.717, 1.165) is 5.69 Å². The van der Waals surface area contributed by atoms with Crippen molar-refractivity contribution in [1.82, 2.24) is 9.78 Å². The molecule has 0 aliphatic carbocycles. The van der Waals surface area contributed by atoms with Crippen molar-refractivity contribution in [3.63, 3.8) is 0 Å². The van der Waals surface area contributed by atoms with E-state index in [2.05, 4.69) is 5.10 Å². The first-order chi connectivity index (χ1) is 6.43. The molecular weight excluding hydrogens is 180 g/mol. The Labute approximate surface area is 83.5 Å². The van der Waals surface area contributed by atoms with Crippen LogP contribution in [0.4, 0.5) is 0 Å². The van der Waals surface area contributed by atoms with Crippen LogP contribution < -0.4 is 0 Å². The van der Waals surface area contributed by atoms with Crippen molar-refractivity contribution in [3.05, 3.63) is 17.0 Å². The molecular formula is C10H16N2O2. The predicted octanol–water partition coefficient (Wildman–Crippen LogP) is 0.854. The van der Waals surface area contributed by atoms with Gasteiger partial charge in [0.25, 0.3) is 0 Å². The minimum Gasteiger partial charge on any atom is -0.393 e. The number of carbonyl (C=O) groups is 1. The van der Waals surface area contributed by atoms with E-state index in [0.29, 0.717) is 17.7 Å².